The number of carbonyl (C=O) groups excluding carboxylic acids is 1. The Labute approximate surface area is 200 Å². The van der Waals surface area contributed by atoms with Crippen LogP contribution in [0, 0.1) is 0 Å². The number of amides is 1. The van der Waals surface area contributed by atoms with Crippen molar-refractivity contribution in [3.63, 3.8) is 0 Å². The van der Waals surface area contributed by atoms with Crippen molar-refractivity contribution in [2.75, 3.05) is 26.7 Å². The van der Waals surface area contributed by atoms with Crippen LogP contribution >= 0.6 is 11.3 Å². The third-order valence-electron chi connectivity index (χ3n) is 7.71. The third-order valence-corrected chi connectivity index (χ3v) is 8.88. The lowest BCUT2D eigenvalue weighted by molar-refractivity contribution is -0.131. The van der Waals surface area contributed by atoms with Gasteiger partial charge < -0.3 is 14.7 Å². The molecule has 8 heteroatoms. The maximum atomic E-state index is 12.5. The zero-order valence-electron chi connectivity index (χ0n) is 19.8. The topological polar surface area (TPSA) is 78.8 Å². The number of aromatic nitrogens is 2. The van der Waals surface area contributed by atoms with Crippen molar-refractivity contribution in [2.45, 2.75) is 88.9 Å². The van der Waals surface area contributed by atoms with Crippen molar-refractivity contribution in [1.29, 1.82) is 0 Å². The summed E-state index contributed by atoms with van der Waals surface area (Å²) in [6.45, 7) is 4.24. The van der Waals surface area contributed by atoms with E-state index in [-0.39, 0.29) is 18.1 Å². The van der Waals surface area contributed by atoms with Crippen LogP contribution < -0.4 is 4.74 Å². The Morgan fingerprint density at radius 1 is 1.24 bits per heavy atom. The molecule has 180 valence electrons. The highest BCUT2D eigenvalue weighted by atomic mass is 32.1. The second kappa shape index (κ2) is 9.84. The molecule has 5 rings (SSSR count). The molecule has 2 aromatic heterocycles. The number of fused-ring (bicyclic) bond motifs is 3. The van der Waals surface area contributed by atoms with Crippen LogP contribution in [-0.4, -0.2) is 75.7 Å². The molecule has 1 aliphatic heterocycles. The third kappa shape index (κ3) is 4.88. The van der Waals surface area contributed by atoms with E-state index in [9.17, 15) is 9.90 Å². The van der Waals surface area contributed by atoms with Gasteiger partial charge in [-0.3, -0.25) is 9.69 Å². The number of likely N-dealkylation sites (N-methyl/N-ethyl adjacent to an activating group) is 1. The van der Waals surface area contributed by atoms with Gasteiger partial charge in [0.2, 0.25) is 11.8 Å². The Kier molecular flexibility index (Phi) is 6.86. The molecule has 0 spiro atoms. The number of hydrogen-bond donors (Lipinski definition) is 1. The van der Waals surface area contributed by atoms with Crippen LogP contribution in [0.1, 0.15) is 74.6 Å². The number of likely N-dealkylation sites (tertiary alicyclic amines) is 1. The highest BCUT2D eigenvalue weighted by molar-refractivity contribution is 7.19. The maximum absolute atomic E-state index is 12.5. The Bertz CT molecular complexity index is 979. The van der Waals surface area contributed by atoms with E-state index in [1.54, 1.807) is 17.7 Å². The van der Waals surface area contributed by atoms with Crippen LogP contribution in [0.2, 0.25) is 0 Å². The molecule has 0 bridgehead atoms. The zero-order chi connectivity index (χ0) is 22.9. The Morgan fingerprint density at radius 2 is 2.00 bits per heavy atom. The molecule has 3 heterocycles. The Morgan fingerprint density at radius 3 is 2.73 bits per heavy atom. The molecule has 3 aliphatic rings. The smallest absolute Gasteiger partial charge is 0.236 e. The maximum Gasteiger partial charge on any atom is 0.236 e. The fraction of sp³-hybridized carbons (Fsp3) is 0.720. The fourth-order valence-corrected chi connectivity index (χ4v) is 7.18. The van der Waals surface area contributed by atoms with E-state index in [0.29, 0.717) is 18.5 Å². The molecule has 0 radical (unpaired) electrons. The molecule has 2 atom stereocenters. The van der Waals surface area contributed by atoms with E-state index < -0.39 is 0 Å². The summed E-state index contributed by atoms with van der Waals surface area (Å²) in [5, 5.41) is 11.1. The molecular formula is C25H36N4O3S. The van der Waals surface area contributed by atoms with Gasteiger partial charge in [-0.2, -0.15) is 0 Å². The largest absolute Gasteiger partial charge is 0.474 e. The molecular weight excluding hydrogens is 436 g/mol. The minimum atomic E-state index is -0.311. The minimum absolute atomic E-state index is 0.147. The monoisotopic (exact) mass is 472 g/mol. The number of rotatable bonds is 7. The molecule has 1 N–H and O–H groups in total. The van der Waals surface area contributed by atoms with Gasteiger partial charge in [-0.15, -0.1) is 11.3 Å². The number of aryl methyl sites for hydroxylation is 1. The van der Waals surface area contributed by atoms with Crippen molar-refractivity contribution in [1.82, 2.24) is 19.8 Å². The van der Waals surface area contributed by atoms with Crippen molar-refractivity contribution in [3.05, 3.63) is 16.8 Å². The van der Waals surface area contributed by atoms with Gasteiger partial charge in [-0.25, -0.2) is 9.97 Å². The first-order valence-electron chi connectivity index (χ1n) is 12.6. The summed E-state index contributed by atoms with van der Waals surface area (Å²) >= 11 is 1.76. The van der Waals surface area contributed by atoms with E-state index >= 15 is 0 Å². The number of ether oxygens (including phenoxy) is 1. The molecule has 33 heavy (non-hydrogen) atoms. The quantitative estimate of drug-likeness (QED) is 0.661. The summed E-state index contributed by atoms with van der Waals surface area (Å²) in [7, 11) is 2.09. The average Bonchev–Trinajstić information content (AvgIpc) is 3.52. The van der Waals surface area contributed by atoms with Crippen molar-refractivity contribution in [3.8, 4) is 5.88 Å². The molecule has 0 aromatic carbocycles. The molecule has 1 saturated carbocycles. The lowest BCUT2D eigenvalue weighted by atomic mass is 9.92. The van der Waals surface area contributed by atoms with Crippen LogP contribution in [0.3, 0.4) is 0 Å². The lowest BCUT2D eigenvalue weighted by Crippen LogP contribution is -2.44. The second-order valence-corrected chi connectivity index (χ2v) is 11.3. The normalized spacial score (nSPS) is 26.2. The number of hydrogen-bond acceptors (Lipinski definition) is 7. The molecule has 0 unspecified atom stereocenters. The fourth-order valence-electron chi connectivity index (χ4n) is 5.95. The molecule has 1 saturated heterocycles. The van der Waals surface area contributed by atoms with Crippen LogP contribution in [0.15, 0.2) is 6.33 Å². The molecule has 1 amide bonds. The van der Waals surface area contributed by atoms with Gasteiger partial charge in [0.15, 0.2) is 0 Å². The predicted octanol–water partition coefficient (Wildman–Crippen LogP) is 3.74. The van der Waals surface area contributed by atoms with Gasteiger partial charge in [0.1, 0.15) is 17.3 Å². The number of aliphatic hydroxyl groups excluding tert-OH is 1. The van der Waals surface area contributed by atoms with E-state index in [4.69, 9.17) is 4.74 Å². The number of carbonyl (C=O) groups is 1. The van der Waals surface area contributed by atoms with E-state index in [1.165, 1.54) is 10.4 Å². The highest BCUT2D eigenvalue weighted by Crippen LogP contribution is 2.47. The van der Waals surface area contributed by atoms with Crippen LogP contribution in [0.4, 0.5) is 0 Å². The summed E-state index contributed by atoms with van der Waals surface area (Å²) in [4.78, 5) is 28.2. The van der Waals surface area contributed by atoms with Gasteiger partial charge in [0.05, 0.1) is 18.0 Å². The molecule has 2 aromatic rings. The van der Waals surface area contributed by atoms with Crippen LogP contribution in [-0.2, 0) is 11.2 Å². The van der Waals surface area contributed by atoms with Crippen LogP contribution in [0.25, 0.3) is 10.2 Å². The number of thiophene rings is 1. The van der Waals surface area contributed by atoms with Crippen LogP contribution in [0.5, 0.6) is 5.88 Å². The summed E-state index contributed by atoms with van der Waals surface area (Å²) < 4.78 is 6.50. The standard InChI is InChI=1S/C25H36N4O3S/c1-16(30)13-17-5-10-20-22(17)23-24(26-15-27-25(23)33-20)32-19-8-6-18(7-9-19)28(2)14-21(31)29-11-3-4-12-29/h15-19,30H,3-14H2,1-2H3/t16-,17+,18?,19?/m1/s1. The first-order valence-corrected chi connectivity index (χ1v) is 13.4. The average molecular weight is 473 g/mol. The molecule has 7 nitrogen and oxygen atoms in total. The lowest BCUT2D eigenvalue weighted by Gasteiger charge is -2.35. The van der Waals surface area contributed by atoms with Gasteiger partial charge >= 0.3 is 0 Å². The highest BCUT2D eigenvalue weighted by Gasteiger charge is 2.32. The summed E-state index contributed by atoms with van der Waals surface area (Å²) in [5.74, 6) is 1.35. The zero-order valence-corrected chi connectivity index (χ0v) is 20.6. The van der Waals surface area contributed by atoms with Gasteiger partial charge in [-0.1, -0.05) is 0 Å². The van der Waals surface area contributed by atoms with E-state index in [0.717, 1.165) is 87.0 Å². The summed E-state index contributed by atoms with van der Waals surface area (Å²) in [6, 6.07) is 0.433. The van der Waals surface area contributed by atoms with Crippen molar-refractivity contribution < 1.29 is 14.6 Å². The van der Waals surface area contributed by atoms with Crippen molar-refractivity contribution in [2.24, 2.45) is 0 Å². The first-order chi connectivity index (χ1) is 16.0. The summed E-state index contributed by atoms with van der Waals surface area (Å²) in [6.07, 6.45) is 10.7. The van der Waals surface area contributed by atoms with E-state index in [2.05, 4.69) is 21.9 Å². The first kappa shape index (κ1) is 23.0. The SMILES string of the molecule is C[C@@H](O)C[C@@H]1CCc2sc3ncnc(OC4CCC(N(C)CC(=O)N5CCCC5)CC4)c3c21. The Balaban J connectivity index is 1.22. The number of nitrogens with zero attached hydrogens (tertiary/aromatic N) is 4. The molecule has 2 fully saturated rings. The molecule has 2 aliphatic carbocycles. The summed E-state index contributed by atoms with van der Waals surface area (Å²) in [5.41, 5.74) is 1.32. The van der Waals surface area contributed by atoms with Gasteiger partial charge in [-0.05, 0) is 83.2 Å². The van der Waals surface area contributed by atoms with Crippen molar-refractivity contribution >= 4 is 27.5 Å². The van der Waals surface area contributed by atoms with E-state index in [1.807, 2.05) is 11.8 Å². The second-order valence-electron chi connectivity index (χ2n) is 10.2. The number of aliphatic hydroxyl groups is 1. The Hall–Kier alpha value is -1.77. The predicted molar refractivity (Wildman–Crippen MR) is 130 cm³/mol. The van der Waals surface area contributed by atoms with Gasteiger partial charge in [0, 0.05) is 24.0 Å². The minimum Gasteiger partial charge on any atom is -0.474 e. The van der Waals surface area contributed by atoms with Gasteiger partial charge in [0.25, 0.3) is 0 Å².